The van der Waals surface area contributed by atoms with Crippen molar-refractivity contribution < 1.29 is 18.0 Å². The Morgan fingerprint density at radius 1 is 1.32 bits per heavy atom. The van der Waals surface area contributed by atoms with E-state index in [9.17, 15) is 18.0 Å². The Morgan fingerprint density at radius 2 is 1.96 bits per heavy atom. The highest BCUT2D eigenvalue weighted by Crippen LogP contribution is 2.36. The number of nitrogens with zero attached hydrogens (tertiary/aromatic N) is 4. The molecular formula is C13H13BrCl2F3N5O. The maximum absolute atomic E-state index is 12.9. The van der Waals surface area contributed by atoms with Crippen LogP contribution in [-0.4, -0.2) is 32.0 Å². The van der Waals surface area contributed by atoms with Gasteiger partial charge in [-0.3, -0.25) is 14.2 Å². The van der Waals surface area contributed by atoms with Crippen LogP contribution in [0.3, 0.4) is 0 Å². The molecule has 2 aromatic rings. The number of halogens is 6. The molecule has 2 rings (SSSR count). The molecule has 0 saturated carbocycles. The van der Waals surface area contributed by atoms with Crippen LogP contribution in [0.1, 0.15) is 28.3 Å². The molecule has 0 aliphatic heterocycles. The van der Waals surface area contributed by atoms with Gasteiger partial charge < -0.3 is 5.32 Å². The van der Waals surface area contributed by atoms with Crippen LogP contribution in [0.4, 0.5) is 13.2 Å². The van der Waals surface area contributed by atoms with Crippen molar-refractivity contribution in [3.05, 3.63) is 31.7 Å². The van der Waals surface area contributed by atoms with E-state index in [1.54, 1.807) is 6.92 Å². The second-order valence-corrected chi connectivity index (χ2v) is 6.68. The fraction of sp³-hybridized carbons (Fsp3) is 0.462. The lowest BCUT2D eigenvalue weighted by molar-refractivity contribution is -0.144. The summed E-state index contributed by atoms with van der Waals surface area (Å²) in [5.41, 5.74) is -0.760. The Balaban J connectivity index is 1.96. The molecule has 0 aliphatic carbocycles. The van der Waals surface area contributed by atoms with E-state index in [1.165, 1.54) is 4.68 Å². The molecule has 1 amide bonds. The molecule has 6 nitrogen and oxygen atoms in total. The Kier molecular flexibility index (Phi) is 6.05. The summed E-state index contributed by atoms with van der Waals surface area (Å²) in [5.74, 6) is -0.709. The van der Waals surface area contributed by atoms with Gasteiger partial charge in [0.15, 0.2) is 11.4 Å². The van der Waals surface area contributed by atoms with Gasteiger partial charge in [-0.15, -0.1) is 0 Å². The largest absolute Gasteiger partial charge is 0.434 e. The smallest absolute Gasteiger partial charge is 0.351 e. The lowest BCUT2D eigenvalue weighted by Crippen LogP contribution is -2.26. The summed E-state index contributed by atoms with van der Waals surface area (Å²) in [7, 11) is 1.12. The second-order valence-electron chi connectivity index (χ2n) is 5.16. The Labute approximate surface area is 159 Å². The molecule has 0 aromatic carbocycles. The number of amides is 1. The lowest BCUT2D eigenvalue weighted by atomic mass is 10.3. The number of carbonyl (C=O) groups excluding carboxylic acids is 1. The molecule has 0 radical (unpaired) electrons. The number of nitrogens with one attached hydrogen (secondary N) is 1. The Bertz CT molecular complexity index is 803. The predicted octanol–water partition coefficient (Wildman–Crippen LogP) is 3.83. The van der Waals surface area contributed by atoms with Gasteiger partial charge in [0.2, 0.25) is 0 Å². The Hall–Kier alpha value is -1.26. The van der Waals surface area contributed by atoms with Gasteiger partial charge in [-0.05, 0) is 29.3 Å². The van der Waals surface area contributed by atoms with Crippen molar-refractivity contribution in [2.24, 2.45) is 7.05 Å². The van der Waals surface area contributed by atoms with Crippen LogP contribution in [0.2, 0.25) is 10.2 Å². The van der Waals surface area contributed by atoms with Crippen LogP contribution in [0.5, 0.6) is 0 Å². The molecule has 0 spiro atoms. The topological polar surface area (TPSA) is 64.7 Å². The first-order valence-corrected chi connectivity index (χ1v) is 8.55. The molecule has 0 bridgehead atoms. The van der Waals surface area contributed by atoms with Crippen LogP contribution in [-0.2, 0) is 19.8 Å². The van der Waals surface area contributed by atoms with E-state index in [0.717, 1.165) is 7.05 Å². The minimum atomic E-state index is -4.62. The quantitative estimate of drug-likeness (QED) is 0.686. The van der Waals surface area contributed by atoms with Gasteiger partial charge in [-0.2, -0.15) is 23.4 Å². The number of aryl methyl sites for hydroxylation is 3. The normalized spacial score (nSPS) is 11.8. The monoisotopic (exact) mass is 461 g/mol. The van der Waals surface area contributed by atoms with Gasteiger partial charge in [-0.25, -0.2) is 0 Å². The second kappa shape index (κ2) is 7.55. The van der Waals surface area contributed by atoms with Crippen molar-refractivity contribution in [2.75, 3.05) is 6.54 Å². The molecule has 1 N–H and O–H groups in total. The van der Waals surface area contributed by atoms with Crippen molar-refractivity contribution in [3.63, 3.8) is 0 Å². The molecule has 2 heterocycles. The first-order valence-electron chi connectivity index (χ1n) is 7.00. The fourth-order valence-corrected chi connectivity index (χ4v) is 3.28. The Morgan fingerprint density at radius 3 is 2.44 bits per heavy atom. The number of hydrogen-bond donors (Lipinski definition) is 1. The fourth-order valence-electron chi connectivity index (χ4n) is 2.15. The third-order valence-electron chi connectivity index (χ3n) is 3.30. The molecule has 0 unspecified atom stereocenters. The summed E-state index contributed by atoms with van der Waals surface area (Å²) < 4.78 is 40.4. The van der Waals surface area contributed by atoms with Crippen LogP contribution in [0.25, 0.3) is 0 Å². The van der Waals surface area contributed by atoms with Crippen LogP contribution in [0.15, 0.2) is 4.47 Å². The number of alkyl halides is 3. The van der Waals surface area contributed by atoms with Crippen molar-refractivity contribution in [1.29, 1.82) is 0 Å². The van der Waals surface area contributed by atoms with E-state index in [1.807, 2.05) is 0 Å². The average Bonchev–Trinajstić information content (AvgIpc) is 2.94. The van der Waals surface area contributed by atoms with Crippen molar-refractivity contribution in [2.45, 2.75) is 26.1 Å². The molecule has 0 fully saturated rings. The molecule has 0 saturated heterocycles. The van der Waals surface area contributed by atoms with E-state index in [2.05, 4.69) is 31.4 Å². The maximum atomic E-state index is 12.9. The van der Waals surface area contributed by atoms with Crippen molar-refractivity contribution in [3.8, 4) is 0 Å². The third kappa shape index (κ3) is 4.29. The summed E-state index contributed by atoms with van der Waals surface area (Å²) >= 11 is 14.7. The zero-order chi connectivity index (χ0) is 18.9. The van der Waals surface area contributed by atoms with E-state index in [4.69, 9.17) is 23.2 Å². The molecule has 25 heavy (non-hydrogen) atoms. The number of rotatable bonds is 5. The highest BCUT2D eigenvalue weighted by molar-refractivity contribution is 9.10. The first-order chi connectivity index (χ1) is 11.5. The van der Waals surface area contributed by atoms with E-state index >= 15 is 0 Å². The van der Waals surface area contributed by atoms with E-state index in [-0.39, 0.29) is 12.2 Å². The van der Waals surface area contributed by atoms with E-state index in [0.29, 0.717) is 33.5 Å². The standard InChI is InChI=1S/C13H13BrCl2F3N5O/c1-6-8(15)11(16)24(21-6)5-3-4-20-12(25)9-7(14)10(13(17,18)19)23(2)22-9/h3-5H2,1-2H3,(H,20,25). The maximum Gasteiger partial charge on any atom is 0.434 e. The zero-order valence-corrected chi connectivity index (χ0v) is 16.2. The highest BCUT2D eigenvalue weighted by Gasteiger charge is 2.39. The summed E-state index contributed by atoms with van der Waals surface area (Å²) in [6.07, 6.45) is -4.16. The SMILES string of the molecule is Cc1nn(CCCNC(=O)c2nn(C)c(C(F)(F)F)c2Br)c(Cl)c1Cl. The zero-order valence-electron chi connectivity index (χ0n) is 13.1. The predicted molar refractivity (Wildman–Crippen MR) is 89.8 cm³/mol. The van der Waals surface area contributed by atoms with Crippen molar-refractivity contribution in [1.82, 2.24) is 24.9 Å². The van der Waals surface area contributed by atoms with Gasteiger partial charge in [0.05, 0.1) is 10.2 Å². The van der Waals surface area contributed by atoms with Gasteiger partial charge in [0, 0.05) is 20.1 Å². The molecule has 138 valence electrons. The minimum absolute atomic E-state index is 0.204. The summed E-state index contributed by atoms with van der Waals surface area (Å²) in [6, 6.07) is 0. The van der Waals surface area contributed by atoms with Crippen LogP contribution < -0.4 is 5.32 Å². The molecule has 0 atom stereocenters. The van der Waals surface area contributed by atoms with E-state index < -0.39 is 22.3 Å². The minimum Gasteiger partial charge on any atom is -0.351 e. The summed E-state index contributed by atoms with van der Waals surface area (Å²) in [4.78, 5) is 12.0. The number of carbonyl (C=O) groups is 1. The molecule has 0 aliphatic rings. The van der Waals surface area contributed by atoms with Gasteiger partial charge in [0.25, 0.3) is 5.91 Å². The first kappa shape index (κ1) is 20.1. The highest BCUT2D eigenvalue weighted by atomic mass is 79.9. The third-order valence-corrected chi connectivity index (χ3v) is 4.99. The van der Waals surface area contributed by atoms with Gasteiger partial charge in [0.1, 0.15) is 10.2 Å². The summed E-state index contributed by atoms with van der Waals surface area (Å²) in [6.45, 7) is 2.31. The molecular weight excluding hydrogens is 450 g/mol. The molecule has 12 heteroatoms. The van der Waals surface area contributed by atoms with Gasteiger partial charge in [-0.1, -0.05) is 23.2 Å². The molecule has 2 aromatic heterocycles. The van der Waals surface area contributed by atoms with Gasteiger partial charge >= 0.3 is 6.18 Å². The van der Waals surface area contributed by atoms with Crippen molar-refractivity contribution >= 4 is 45.0 Å². The lowest BCUT2D eigenvalue weighted by Gasteiger charge is -2.06. The summed E-state index contributed by atoms with van der Waals surface area (Å²) in [5, 5.41) is 10.9. The van der Waals surface area contributed by atoms with Crippen LogP contribution >= 0.6 is 39.1 Å². The van der Waals surface area contributed by atoms with Crippen LogP contribution in [0, 0.1) is 6.92 Å². The average molecular weight is 463 g/mol. The number of aromatic nitrogens is 4. The number of hydrogen-bond acceptors (Lipinski definition) is 3.